The molecule has 1 saturated heterocycles. The van der Waals surface area contributed by atoms with Crippen LogP contribution in [0.2, 0.25) is 0 Å². The second-order valence-electron chi connectivity index (χ2n) is 8.11. The fraction of sp³-hybridized carbons (Fsp3) is 0.348. The van der Waals surface area contributed by atoms with Crippen LogP contribution in [-0.4, -0.2) is 68.2 Å². The van der Waals surface area contributed by atoms with Gasteiger partial charge in [-0.05, 0) is 23.8 Å². The van der Waals surface area contributed by atoms with Gasteiger partial charge in [0.1, 0.15) is 24.4 Å². The number of para-hydroxylation sites is 1. The molecule has 11 heteroatoms. The molecule has 0 radical (unpaired) electrons. The van der Waals surface area contributed by atoms with Gasteiger partial charge in [0.15, 0.2) is 6.29 Å². The standard InChI is InChI=1S/C23H23F3N2O6/c24-23(25,26)13-7-5-12(6-8-13)9-28-10-15(14-3-1-2-4-16(14)28)21(32)27-18-20(31)19(30)17(11-29)34-22(18)33/h1-8,10,17-20,22,29-31,33H,9,11H2,(H,27,32)/t17?,18-,19-,20?,22?/m1/s1. The van der Waals surface area contributed by atoms with Crippen LogP contribution in [0.4, 0.5) is 13.2 Å². The first-order valence-corrected chi connectivity index (χ1v) is 10.5. The number of nitrogens with one attached hydrogen (secondary N) is 1. The molecule has 1 aliphatic heterocycles. The number of halogens is 3. The van der Waals surface area contributed by atoms with Crippen LogP contribution < -0.4 is 5.32 Å². The van der Waals surface area contributed by atoms with E-state index in [4.69, 9.17) is 4.74 Å². The summed E-state index contributed by atoms with van der Waals surface area (Å²) in [6.45, 7) is -0.437. The fourth-order valence-electron chi connectivity index (χ4n) is 4.04. The van der Waals surface area contributed by atoms with Crippen molar-refractivity contribution in [1.82, 2.24) is 9.88 Å². The van der Waals surface area contributed by atoms with Crippen LogP contribution in [0.3, 0.4) is 0 Å². The van der Waals surface area contributed by atoms with Crippen molar-refractivity contribution in [3.05, 3.63) is 71.4 Å². The highest BCUT2D eigenvalue weighted by molar-refractivity contribution is 6.07. The van der Waals surface area contributed by atoms with E-state index in [0.717, 1.165) is 12.1 Å². The molecule has 0 aliphatic carbocycles. The van der Waals surface area contributed by atoms with Crippen molar-refractivity contribution in [3.63, 3.8) is 0 Å². The van der Waals surface area contributed by atoms with Gasteiger partial charge >= 0.3 is 6.18 Å². The number of carbonyl (C=O) groups excluding carboxylic acids is 1. The Bertz CT molecular complexity index is 1160. The number of carbonyl (C=O) groups is 1. The third-order valence-electron chi connectivity index (χ3n) is 5.87. The second kappa shape index (κ2) is 9.35. The maximum absolute atomic E-state index is 13.0. The molecule has 182 valence electrons. The summed E-state index contributed by atoms with van der Waals surface area (Å²) in [6, 6.07) is 10.3. The monoisotopic (exact) mass is 480 g/mol. The van der Waals surface area contributed by atoms with Gasteiger partial charge in [-0.2, -0.15) is 13.2 Å². The lowest BCUT2D eigenvalue weighted by Gasteiger charge is -2.40. The predicted molar refractivity (Wildman–Crippen MR) is 114 cm³/mol. The number of aliphatic hydroxyl groups is 4. The summed E-state index contributed by atoms with van der Waals surface area (Å²) in [5.41, 5.74) is 0.672. The summed E-state index contributed by atoms with van der Waals surface area (Å²) in [7, 11) is 0. The highest BCUT2D eigenvalue weighted by Gasteiger charge is 2.44. The number of ether oxygens (including phenoxy) is 1. The molecule has 34 heavy (non-hydrogen) atoms. The molecule has 1 fully saturated rings. The minimum atomic E-state index is -4.44. The van der Waals surface area contributed by atoms with Gasteiger partial charge in [0.25, 0.3) is 5.91 Å². The van der Waals surface area contributed by atoms with Gasteiger partial charge in [-0.15, -0.1) is 0 Å². The number of amides is 1. The molecule has 5 N–H and O–H groups in total. The molecule has 8 nitrogen and oxygen atoms in total. The van der Waals surface area contributed by atoms with E-state index in [1.807, 2.05) is 0 Å². The average Bonchev–Trinajstić information content (AvgIpc) is 3.17. The van der Waals surface area contributed by atoms with E-state index in [9.17, 15) is 38.4 Å². The van der Waals surface area contributed by atoms with Gasteiger partial charge in [0.2, 0.25) is 0 Å². The summed E-state index contributed by atoms with van der Waals surface area (Å²) >= 11 is 0. The van der Waals surface area contributed by atoms with Gasteiger partial charge in [0, 0.05) is 23.6 Å². The van der Waals surface area contributed by atoms with Crippen molar-refractivity contribution in [2.45, 2.75) is 43.4 Å². The van der Waals surface area contributed by atoms with E-state index in [2.05, 4.69) is 5.32 Å². The molecular formula is C23H23F3N2O6. The van der Waals surface area contributed by atoms with Crippen molar-refractivity contribution in [2.75, 3.05) is 6.61 Å². The van der Waals surface area contributed by atoms with Crippen LogP contribution >= 0.6 is 0 Å². The zero-order chi connectivity index (χ0) is 24.6. The Morgan fingerprint density at radius 1 is 1.03 bits per heavy atom. The Morgan fingerprint density at radius 2 is 1.71 bits per heavy atom. The SMILES string of the molecule is O=C(N[C@H]1C(O)OC(CO)[C@@H](O)C1O)c1cn(Cc2ccc(C(F)(F)F)cc2)c2ccccc12. The Labute approximate surface area is 191 Å². The molecule has 5 atom stereocenters. The van der Waals surface area contributed by atoms with Crippen LogP contribution in [-0.2, 0) is 17.5 Å². The lowest BCUT2D eigenvalue weighted by atomic mass is 9.96. The van der Waals surface area contributed by atoms with E-state index in [-0.39, 0.29) is 12.1 Å². The third kappa shape index (κ3) is 4.65. The Kier molecular flexibility index (Phi) is 6.65. The minimum Gasteiger partial charge on any atom is -0.394 e. The molecular weight excluding hydrogens is 457 g/mol. The molecule has 3 aromatic rings. The maximum Gasteiger partial charge on any atom is 0.416 e. The van der Waals surface area contributed by atoms with Crippen LogP contribution in [0.25, 0.3) is 10.9 Å². The van der Waals surface area contributed by atoms with Crippen molar-refractivity contribution < 1.29 is 43.1 Å². The highest BCUT2D eigenvalue weighted by Crippen LogP contribution is 2.30. The maximum atomic E-state index is 13.0. The molecule has 0 bridgehead atoms. The first-order valence-electron chi connectivity index (χ1n) is 10.5. The number of hydrogen-bond donors (Lipinski definition) is 5. The van der Waals surface area contributed by atoms with Crippen LogP contribution in [0.5, 0.6) is 0 Å². The first kappa shape index (κ1) is 24.2. The molecule has 3 unspecified atom stereocenters. The van der Waals surface area contributed by atoms with Crippen molar-refractivity contribution in [1.29, 1.82) is 0 Å². The van der Waals surface area contributed by atoms with Crippen LogP contribution in [0, 0.1) is 0 Å². The number of aromatic nitrogens is 1. The number of nitrogens with zero attached hydrogens (tertiary/aromatic N) is 1. The van der Waals surface area contributed by atoms with E-state index < -0.39 is 54.9 Å². The van der Waals surface area contributed by atoms with Crippen molar-refractivity contribution in [3.8, 4) is 0 Å². The van der Waals surface area contributed by atoms with E-state index in [1.165, 1.54) is 18.3 Å². The van der Waals surface area contributed by atoms with E-state index in [1.54, 1.807) is 28.8 Å². The molecule has 0 saturated carbocycles. The van der Waals surface area contributed by atoms with E-state index >= 15 is 0 Å². The van der Waals surface area contributed by atoms with Gasteiger partial charge in [0.05, 0.1) is 17.7 Å². The molecule has 4 rings (SSSR count). The van der Waals surface area contributed by atoms with Gasteiger partial charge in [-0.3, -0.25) is 4.79 Å². The number of alkyl halides is 3. The quantitative estimate of drug-likeness (QED) is 0.374. The number of benzene rings is 2. The van der Waals surface area contributed by atoms with Crippen LogP contribution in [0.15, 0.2) is 54.7 Å². The molecule has 0 spiro atoms. The summed E-state index contributed by atoms with van der Waals surface area (Å²) in [5, 5.41) is 42.7. The number of aliphatic hydroxyl groups excluding tert-OH is 4. The van der Waals surface area contributed by atoms with Crippen molar-refractivity contribution >= 4 is 16.8 Å². The molecule has 1 aromatic heterocycles. The second-order valence-corrected chi connectivity index (χ2v) is 8.11. The Hall–Kier alpha value is -2.96. The third-order valence-corrected chi connectivity index (χ3v) is 5.87. The van der Waals surface area contributed by atoms with Gasteiger partial charge < -0.3 is 35.0 Å². The molecule has 2 heterocycles. The highest BCUT2D eigenvalue weighted by atomic mass is 19.4. The van der Waals surface area contributed by atoms with Crippen molar-refractivity contribution in [2.24, 2.45) is 0 Å². The zero-order valence-corrected chi connectivity index (χ0v) is 17.7. The molecule has 1 amide bonds. The lowest BCUT2D eigenvalue weighted by molar-refractivity contribution is -0.252. The normalized spacial score (nSPS) is 25.4. The topological polar surface area (TPSA) is 124 Å². The lowest BCUT2D eigenvalue weighted by Crippen LogP contribution is -2.64. The van der Waals surface area contributed by atoms with Gasteiger partial charge in [-0.25, -0.2) is 0 Å². The largest absolute Gasteiger partial charge is 0.416 e. The summed E-state index contributed by atoms with van der Waals surface area (Å²) in [5.74, 6) is -0.663. The summed E-state index contributed by atoms with van der Waals surface area (Å²) in [6.07, 6.45) is -8.91. The number of hydrogen-bond acceptors (Lipinski definition) is 6. The number of fused-ring (bicyclic) bond motifs is 1. The zero-order valence-electron chi connectivity index (χ0n) is 17.7. The van der Waals surface area contributed by atoms with E-state index in [0.29, 0.717) is 16.5 Å². The molecule has 2 aromatic carbocycles. The van der Waals surface area contributed by atoms with Crippen LogP contribution in [0.1, 0.15) is 21.5 Å². The van der Waals surface area contributed by atoms with Gasteiger partial charge in [-0.1, -0.05) is 30.3 Å². The Morgan fingerprint density at radius 3 is 2.35 bits per heavy atom. The molecule has 1 aliphatic rings. The summed E-state index contributed by atoms with van der Waals surface area (Å²) < 4.78 is 45.3. The predicted octanol–water partition coefficient (Wildman–Crippen LogP) is 1.24. The average molecular weight is 480 g/mol. The fourth-order valence-corrected chi connectivity index (χ4v) is 4.04. The number of rotatable bonds is 5. The Balaban J connectivity index is 1.59. The minimum absolute atomic E-state index is 0.195. The first-order chi connectivity index (χ1) is 16.1. The smallest absolute Gasteiger partial charge is 0.394 e. The summed E-state index contributed by atoms with van der Waals surface area (Å²) in [4.78, 5) is 13.0.